The van der Waals surface area contributed by atoms with Gasteiger partial charge in [0.25, 0.3) is 5.91 Å². The van der Waals surface area contributed by atoms with Gasteiger partial charge in [0.1, 0.15) is 5.75 Å². The van der Waals surface area contributed by atoms with Gasteiger partial charge in [0.2, 0.25) is 0 Å². The number of carbonyl (C=O) groups is 2. The number of carbonyl (C=O) groups excluding carboxylic acids is 1. The Morgan fingerprint density at radius 2 is 2.17 bits per heavy atom. The Labute approximate surface area is 106 Å². The minimum absolute atomic E-state index is 0.104. The van der Waals surface area contributed by atoms with Crippen LogP contribution in [0.15, 0.2) is 24.3 Å². The van der Waals surface area contributed by atoms with Crippen LogP contribution in [0, 0.1) is 5.92 Å². The second-order valence-electron chi connectivity index (χ2n) is 3.91. The highest BCUT2D eigenvalue weighted by molar-refractivity contribution is 5.94. The van der Waals surface area contributed by atoms with Crippen molar-refractivity contribution >= 4 is 11.9 Å². The van der Waals surface area contributed by atoms with Gasteiger partial charge in [-0.05, 0) is 25.1 Å². The Kier molecular flexibility index (Phi) is 5.17. The highest BCUT2D eigenvalue weighted by atomic mass is 16.5. The lowest BCUT2D eigenvalue weighted by Gasteiger charge is -2.09. The summed E-state index contributed by atoms with van der Waals surface area (Å²) in [6.07, 6.45) is 0. The summed E-state index contributed by atoms with van der Waals surface area (Å²) in [4.78, 5) is 22.4. The molecule has 0 saturated heterocycles. The second-order valence-corrected chi connectivity index (χ2v) is 3.91. The van der Waals surface area contributed by atoms with Gasteiger partial charge in [0, 0.05) is 12.1 Å². The summed E-state index contributed by atoms with van der Waals surface area (Å²) in [5.41, 5.74) is 0.457. The second kappa shape index (κ2) is 6.64. The smallest absolute Gasteiger partial charge is 0.308 e. The summed E-state index contributed by atoms with van der Waals surface area (Å²) in [7, 11) is 0. The van der Waals surface area contributed by atoms with E-state index in [1.807, 2.05) is 6.92 Å². The highest BCUT2D eigenvalue weighted by Crippen LogP contribution is 2.13. The average molecular weight is 251 g/mol. The Bertz CT molecular complexity index is 431. The number of benzene rings is 1. The maximum absolute atomic E-state index is 11.8. The first-order valence-electron chi connectivity index (χ1n) is 5.78. The molecule has 0 aliphatic carbocycles. The summed E-state index contributed by atoms with van der Waals surface area (Å²) in [6.45, 7) is 4.04. The molecular formula is C13H17NO4. The number of ether oxygens (including phenoxy) is 1. The number of rotatable bonds is 6. The van der Waals surface area contributed by atoms with E-state index >= 15 is 0 Å². The molecule has 1 atom stereocenters. The van der Waals surface area contributed by atoms with Crippen LogP contribution in [0.25, 0.3) is 0 Å². The fourth-order valence-electron chi connectivity index (χ4n) is 1.33. The molecule has 1 aromatic rings. The van der Waals surface area contributed by atoms with Gasteiger partial charge in [0.15, 0.2) is 0 Å². The van der Waals surface area contributed by atoms with Crippen LogP contribution in [0.5, 0.6) is 5.75 Å². The fourth-order valence-corrected chi connectivity index (χ4v) is 1.33. The standard InChI is InChI=1S/C13H17NO4/c1-3-18-11-6-4-5-10(7-11)12(15)14-8-9(2)13(16)17/h4-7,9H,3,8H2,1-2H3,(H,14,15)(H,16,17). The molecule has 0 bridgehead atoms. The molecule has 1 aromatic carbocycles. The van der Waals surface area contributed by atoms with E-state index in [2.05, 4.69) is 5.32 Å². The average Bonchev–Trinajstić information content (AvgIpc) is 2.36. The number of hydrogen-bond acceptors (Lipinski definition) is 3. The van der Waals surface area contributed by atoms with E-state index < -0.39 is 11.9 Å². The monoisotopic (exact) mass is 251 g/mol. The number of carboxylic acids is 1. The van der Waals surface area contributed by atoms with Crippen molar-refractivity contribution in [2.24, 2.45) is 5.92 Å². The first-order valence-corrected chi connectivity index (χ1v) is 5.78. The summed E-state index contributed by atoms with van der Waals surface area (Å²) >= 11 is 0. The Morgan fingerprint density at radius 3 is 2.78 bits per heavy atom. The van der Waals surface area contributed by atoms with E-state index in [4.69, 9.17) is 9.84 Å². The van der Waals surface area contributed by atoms with Crippen LogP contribution in [0.1, 0.15) is 24.2 Å². The quantitative estimate of drug-likeness (QED) is 0.804. The maximum Gasteiger partial charge on any atom is 0.308 e. The van der Waals surface area contributed by atoms with Crippen LogP contribution < -0.4 is 10.1 Å². The van der Waals surface area contributed by atoms with Crippen LogP contribution in [0.2, 0.25) is 0 Å². The Morgan fingerprint density at radius 1 is 1.44 bits per heavy atom. The molecule has 5 heteroatoms. The molecule has 1 amide bonds. The third kappa shape index (κ3) is 4.08. The molecule has 0 aromatic heterocycles. The summed E-state index contributed by atoms with van der Waals surface area (Å²) in [6, 6.07) is 6.77. The maximum atomic E-state index is 11.8. The van der Waals surface area contributed by atoms with E-state index in [0.717, 1.165) is 0 Å². The molecule has 2 N–H and O–H groups in total. The molecule has 0 heterocycles. The molecule has 0 spiro atoms. The van der Waals surface area contributed by atoms with Crippen LogP contribution >= 0.6 is 0 Å². The van der Waals surface area contributed by atoms with E-state index in [1.54, 1.807) is 31.2 Å². The first-order chi connectivity index (χ1) is 8.54. The zero-order chi connectivity index (χ0) is 13.5. The van der Waals surface area contributed by atoms with E-state index in [0.29, 0.717) is 17.9 Å². The molecule has 1 unspecified atom stereocenters. The van der Waals surface area contributed by atoms with Crippen molar-refractivity contribution in [1.29, 1.82) is 0 Å². The predicted molar refractivity (Wildman–Crippen MR) is 66.7 cm³/mol. The zero-order valence-corrected chi connectivity index (χ0v) is 10.5. The van der Waals surface area contributed by atoms with E-state index in [9.17, 15) is 9.59 Å². The third-order valence-corrected chi connectivity index (χ3v) is 2.40. The Hall–Kier alpha value is -2.04. The van der Waals surface area contributed by atoms with Crippen LogP contribution in [0.4, 0.5) is 0 Å². The molecule has 98 valence electrons. The van der Waals surface area contributed by atoms with Crippen LogP contribution in [0.3, 0.4) is 0 Å². The summed E-state index contributed by atoms with van der Waals surface area (Å²) in [5.74, 6) is -1.22. The number of amides is 1. The number of carboxylic acid groups (broad SMARTS) is 1. The number of hydrogen-bond donors (Lipinski definition) is 2. The van der Waals surface area contributed by atoms with Crippen molar-refractivity contribution in [1.82, 2.24) is 5.32 Å². The molecular weight excluding hydrogens is 234 g/mol. The lowest BCUT2D eigenvalue weighted by Crippen LogP contribution is -2.31. The molecule has 0 radical (unpaired) electrons. The lowest BCUT2D eigenvalue weighted by molar-refractivity contribution is -0.140. The van der Waals surface area contributed by atoms with Crippen molar-refractivity contribution in [3.63, 3.8) is 0 Å². The molecule has 0 saturated carbocycles. The van der Waals surface area contributed by atoms with Gasteiger partial charge in [-0.15, -0.1) is 0 Å². The SMILES string of the molecule is CCOc1cccc(C(=O)NCC(C)C(=O)O)c1. The molecule has 0 fully saturated rings. The predicted octanol–water partition coefficient (Wildman–Crippen LogP) is 1.54. The zero-order valence-electron chi connectivity index (χ0n) is 10.5. The van der Waals surface area contributed by atoms with Gasteiger partial charge in [0.05, 0.1) is 12.5 Å². The topological polar surface area (TPSA) is 75.6 Å². The van der Waals surface area contributed by atoms with Gasteiger partial charge in [-0.1, -0.05) is 13.0 Å². The largest absolute Gasteiger partial charge is 0.494 e. The summed E-state index contributed by atoms with van der Waals surface area (Å²) in [5, 5.41) is 11.3. The lowest BCUT2D eigenvalue weighted by atomic mass is 10.1. The molecule has 0 aliphatic heterocycles. The molecule has 5 nitrogen and oxygen atoms in total. The van der Waals surface area contributed by atoms with Gasteiger partial charge < -0.3 is 15.2 Å². The Balaban J connectivity index is 2.61. The normalized spacial score (nSPS) is 11.7. The van der Waals surface area contributed by atoms with Crippen molar-refractivity contribution in [3.05, 3.63) is 29.8 Å². The van der Waals surface area contributed by atoms with E-state index in [-0.39, 0.29) is 12.5 Å². The van der Waals surface area contributed by atoms with E-state index in [1.165, 1.54) is 0 Å². The van der Waals surface area contributed by atoms with Gasteiger partial charge in [-0.3, -0.25) is 9.59 Å². The molecule has 1 rings (SSSR count). The van der Waals surface area contributed by atoms with Crippen molar-refractivity contribution in [2.45, 2.75) is 13.8 Å². The minimum atomic E-state index is -0.932. The van der Waals surface area contributed by atoms with Crippen molar-refractivity contribution < 1.29 is 19.4 Å². The van der Waals surface area contributed by atoms with Crippen LogP contribution in [-0.2, 0) is 4.79 Å². The highest BCUT2D eigenvalue weighted by Gasteiger charge is 2.13. The van der Waals surface area contributed by atoms with Gasteiger partial charge in [-0.25, -0.2) is 0 Å². The third-order valence-electron chi connectivity index (χ3n) is 2.40. The van der Waals surface area contributed by atoms with Crippen LogP contribution in [-0.4, -0.2) is 30.1 Å². The number of aliphatic carboxylic acids is 1. The number of nitrogens with one attached hydrogen (secondary N) is 1. The minimum Gasteiger partial charge on any atom is -0.494 e. The molecule has 18 heavy (non-hydrogen) atoms. The first kappa shape index (κ1) is 14.0. The van der Waals surface area contributed by atoms with Gasteiger partial charge >= 0.3 is 5.97 Å². The fraction of sp³-hybridized carbons (Fsp3) is 0.385. The molecule has 0 aliphatic rings. The van der Waals surface area contributed by atoms with Gasteiger partial charge in [-0.2, -0.15) is 0 Å². The van der Waals surface area contributed by atoms with Crippen molar-refractivity contribution in [3.8, 4) is 5.75 Å². The summed E-state index contributed by atoms with van der Waals surface area (Å²) < 4.78 is 5.29. The van der Waals surface area contributed by atoms with Crippen molar-refractivity contribution in [2.75, 3.05) is 13.2 Å².